The van der Waals surface area contributed by atoms with Gasteiger partial charge in [-0.15, -0.1) is 0 Å². The zero-order valence-electron chi connectivity index (χ0n) is 17.3. The summed E-state index contributed by atoms with van der Waals surface area (Å²) >= 11 is 0. The summed E-state index contributed by atoms with van der Waals surface area (Å²) in [6.45, 7) is 5.81. The fourth-order valence-electron chi connectivity index (χ4n) is 8.17. The molecular weight excluding hydrogens is 391 g/mol. The molecule has 0 heterocycles. The summed E-state index contributed by atoms with van der Waals surface area (Å²) in [4.78, 5) is 12.1. The van der Waals surface area contributed by atoms with Crippen LogP contribution in [0, 0.1) is 34.0 Å². The Morgan fingerprint density at radius 3 is 2.07 bits per heavy atom. The molecule has 166 valence electrons. The zero-order chi connectivity index (χ0) is 21.7. The maximum absolute atomic E-state index is 14.5. The highest BCUT2D eigenvalue weighted by Gasteiger charge is 2.79. The number of alkyl halides is 5. The molecule has 0 saturated heterocycles. The van der Waals surface area contributed by atoms with Gasteiger partial charge in [0.1, 0.15) is 11.4 Å². The average molecular weight is 422 g/mol. The van der Waals surface area contributed by atoms with E-state index in [-0.39, 0.29) is 47.2 Å². The molecule has 29 heavy (non-hydrogen) atoms. The van der Waals surface area contributed by atoms with Crippen LogP contribution in [-0.2, 0) is 4.79 Å². The number of fused-ring (bicyclic) bond motifs is 5. The largest absolute Gasteiger partial charge is 0.456 e. The van der Waals surface area contributed by atoms with Gasteiger partial charge in [-0.2, -0.15) is 22.0 Å². The van der Waals surface area contributed by atoms with Crippen LogP contribution in [-0.4, -0.2) is 28.6 Å². The van der Waals surface area contributed by atoms with Crippen molar-refractivity contribution >= 4 is 5.78 Å². The summed E-state index contributed by atoms with van der Waals surface area (Å²) in [5.41, 5.74) is -4.76. The van der Waals surface area contributed by atoms with Crippen molar-refractivity contribution in [2.45, 2.75) is 96.3 Å². The summed E-state index contributed by atoms with van der Waals surface area (Å²) < 4.78 is 68.7. The smallest absolute Gasteiger partial charge is 0.383 e. The van der Waals surface area contributed by atoms with Crippen LogP contribution in [0.4, 0.5) is 22.0 Å². The second-order valence-corrected chi connectivity index (χ2v) is 11.0. The predicted molar refractivity (Wildman–Crippen MR) is 97.3 cm³/mol. The third kappa shape index (κ3) is 2.45. The normalized spacial score (nSPS) is 50.7. The van der Waals surface area contributed by atoms with E-state index in [1.807, 2.05) is 0 Å². The molecule has 0 aromatic rings. The Balaban J connectivity index is 1.69. The SMILES string of the molecule is C[C@]12CCC3C4CC[C@@](O)(C(F)(F)C(F)(F)F)[C@@]4(C)CCC3[C@@]1(C)CCC(=O)C2. The second kappa shape index (κ2) is 5.95. The minimum atomic E-state index is -5.77. The first-order valence-corrected chi connectivity index (χ1v) is 10.8. The van der Waals surface area contributed by atoms with Crippen molar-refractivity contribution in [1.29, 1.82) is 0 Å². The molecular formula is C22H31F5O2. The summed E-state index contributed by atoms with van der Waals surface area (Å²) in [5, 5.41) is 10.9. The summed E-state index contributed by atoms with van der Waals surface area (Å²) in [5.74, 6) is -4.98. The van der Waals surface area contributed by atoms with Crippen molar-refractivity contribution < 1.29 is 31.9 Å². The van der Waals surface area contributed by atoms with E-state index < -0.39 is 29.5 Å². The summed E-state index contributed by atoms with van der Waals surface area (Å²) in [6.07, 6.45) is -2.04. The Morgan fingerprint density at radius 1 is 0.862 bits per heavy atom. The van der Waals surface area contributed by atoms with E-state index in [0.29, 0.717) is 19.3 Å². The van der Waals surface area contributed by atoms with Crippen molar-refractivity contribution in [3.8, 4) is 0 Å². The zero-order valence-corrected chi connectivity index (χ0v) is 17.3. The number of hydrogen-bond donors (Lipinski definition) is 1. The maximum Gasteiger partial charge on any atom is 0.456 e. The Labute approximate surface area is 168 Å². The van der Waals surface area contributed by atoms with E-state index in [4.69, 9.17) is 0 Å². The molecule has 0 aromatic heterocycles. The third-order valence-corrected chi connectivity index (χ3v) is 10.2. The van der Waals surface area contributed by atoms with Crippen LogP contribution in [0.3, 0.4) is 0 Å². The predicted octanol–water partition coefficient (Wildman–Crippen LogP) is 5.92. The number of aliphatic hydroxyl groups is 1. The van der Waals surface area contributed by atoms with E-state index in [0.717, 1.165) is 19.3 Å². The average Bonchev–Trinajstić information content (AvgIpc) is 2.88. The van der Waals surface area contributed by atoms with Gasteiger partial charge in [-0.05, 0) is 73.5 Å². The van der Waals surface area contributed by atoms with Crippen LogP contribution < -0.4 is 0 Å². The first kappa shape index (κ1) is 21.5. The van der Waals surface area contributed by atoms with Gasteiger partial charge in [0.15, 0.2) is 0 Å². The second-order valence-electron chi connectivity index (χ2n) is 11.0. The Kier molecular flexibility index (Phi) is 4.41. The first-order chi connectivity index (χ1) is 13.1. The van der Waals surface area contributed by atoms with Crippen LogP contribution in [0.5, 0.6) is 0 Å². The molecule has 0 aliphatic heterocycles. The fraction of sp³-hybridized carbons (Fsp3) is 0.955. The van der Waals surface area contributed by atoms with Crippen LogP contribution in [0.25, 0.3) is 0 Å². The minimum Gasteiger partial charge on any atom is -0.383 e. The molecule has 2 nitrogen and oxygen atoms in total. The summed E-state index contributed by atoms with van der Waals surface area (Å²) in [7, 11) is 0. The van der Waals surface area contributed by atoms with E-state index in [9.17, 15) is 31.9 Å². The number of halogens is 5. The lowest BCUT2D eigenvalue weighted by molar-refractivity contribution is -0.364. The monoisotopic (exact) mass is 422 g/mol. The fourth-order valence-corrected chi connectivity index (χ4v) is 8.17. The van der Waals surface area contributed by atoms with E-state index >= 15 is 0 Å². The van der Waals surface area contributed by atoms with Crippen LogP contribution in [0.1, 0.15) is 78.6 Å². The van der Waals surface area contributed by atoms with Crippen molar-refractivity contribution in [3.63, 3.8) is 0 Å². The molecule has 4 aliphatic rings. The molecule has 7 atom stereocenters. The maximum atomic E-state index is 14.5. The molecule has 0 amide bonds. The molecule has 4 rings (SSSR count). The van der Waals surface area contributed by atoms with Crippen LogP contribution >= 0.6 is 0 Å². The lowest BCUT2D eigenvalue weighted by Crippen LogP contribution is -2.66. The highest BCUT2D eigenvalue weighted by atomic mass is 19.4. The van der Waals surface area contributed by atoms with E-state index in [2.05, 4.69) is 13.8 Å². The summed E-state index contributed by atoms with van der Waals surface area (Å²) in [6, 6.07) is 0. The first-order valence-electron chi connectivity index (χ1n) is 10.8. The minimum absolute atomic E-state index is 0.0260. The quantitative estimate of drug-likeness (QED) is 0.533. The van der Waals surface area contributed by atoms with Gasteiger partial charge in [0.05, 0.1) is 0 Å². The van der Waals surface area contributed by atoms with Gasteiger partial charge < -0.3 is 5.11 Å². The molecule has 7 heteroatoms. The Bertz CT molecular complexity index is 720. The topological polar surface area (TPSA) is 37.3 Å². The van der Waals surface area contributed by atoms with Crippen molar-refractivity contribution in [2.24, 2.45) is 34.0 Å². The van der Waals surface area contributed by atoms with Crippen molar-refractivity contribution in [2.75, 3.05) is 0 Å². The van der Waals surface area contributed by atoms with Gasteiger partial charge in [-0.3, -0.25) is 4.79 Å². The lowest BCUT2D eigenvalue weighted by atomic mass is 9.40. The van der Waals surface area contributed by atoms with Gasteiger partial charge in [0.25, 0.3) is 0 Å². The van der Waals surface area contributed by atoms with Crippen molar-refractivity contribution in [3.05, 3.63) is 0 Å². The highest BCUT2D eigenvalue weighted by molar-refractivity contribution is 5.80. The number of hydrogen-bond acceptors (Lipinski definition) is 2. The van der Waals surface area contributed by atoms with Gasteiger partial charge in [0, 0.05) is 18.3 Å². The van der Waals surface area contributed by atoms with Crippen LogP contribution in [0.15, 0.2) is 0 Å². The number of ketones is 1. The number of rotatable bonds is 1. The number of Topliss-reactive ketones (excluding diaryl/α,β-unsaturated/α-hetero) is 1. The number of carbonyl (C=O) groups is 1. The molecule has 0 spiro atoms. The van der Waals surface area contributed by atoms with Crippen LogP contribution in [0.2, 0.25) is 0 Å². The molecule has 4 fully saturated rings. The molecule has 3 unspecified atom stereocenters. The van der Waals surface area contributed by atoms with Gasteiger partial charge in [0.2, 0.25) is 0 Å². The molecule has 0 radical (unpaired) electrons. The van der Waals surface area contributed by atoms with E-state index in [1.165, 1.54) is 6.92 Å². The van der Waals surface area contributed by atoms with Gasteiger partial charge in [-0.1, -0.05) is 20.8 Å². The van der Waals surface area contributed by atoms with Crippen molar-refractivity contribution in [1.82, 2.24) is 0 Å². The van der Waals surface area contributed by atoms with E-state index in [1.54, 1.807) is 0 Å². The standard InChI is InChI=1S/C22H31F5O2/c1-17-8-5-14-15(18(17,2)9-4-13(28)12-17)6-10-19(3)16(14)7-11-20(19,29)21(23,24)22(25,26)27/h14-16,29H,4-12H2,1-3H3/t14?,15?,16?,17-,18-,19+,20+/m1/s1. The van der Waals surface area contributed by atoms with Gasteiger partial charge >= 0.3 is 12.1 Å². The number of carbonyl (C=O) groups excluding carboxylic acids is 1. The Hall–Kier alpha value is -0.720. The molecule has 4 aliphatic carbocycles. The highest BCUT2D eigenvalue weighted by Crippen LogP contribution is 2.73. The molecule has 1 N–H and O–H groups in total. The molecule has 0 bridgehead atoms. The third-order valence-electron chi connectivity index (χ3n) is 10.2. The van der Waals surface area contributed by atoms with Gasteiger partial charge in [-0.25, -0.2) is 0 Å². The lowest BCUT2D eigenvalue weighted by Gasteiger charge is -2.65. The molecule has 0 aromatic carbocycles. The Morgan fingerprint density at radius 2 is 1.45 bits per heavy atom. The molecule has 4 saturated carbocycles.